The number of thiazole rings is 1. The number of hydrogen-bond donors (Lipinski definition) is 1. The maximum Gasteiger partial charge on any atom is 0.209 e. The lowest BCUT2D eigenvalue weighted by Gasteiger charge is -2.04. The summed E-state index contributed by atoms with van der Waals surface area (Å²) in [6.45, 7) is 0. The number of methoxy groups -OCH3 is 1. The van der Waals surface area contributed by atoms with E-state index in [1.807, 2.05) is 60.0 Å². The maximum absolute atomic E-state index is 10.2. The molecule has 0 saturated heterocycles. The molecule has 0 amide bonds. The molecule has 4 aromatic rings. The molecule has 4 nitrogen and oxygen atoms in total. The van der Waals surface area contributed by atoms with Crippen molar-refractivity contribution in [2.75, 3.05) is 7.11 Å². The quantitative estimate of drug-likeness (QED) is 0.494. The number of benzene rings is 3. The van der Waals surface area contributed by atoms with Gasteiger partial charge in [-0.25, -0.2) is 9.98 Å². The van der Waals surface area contributed by atoms with Crippen molar-refractivity contribution in [2.45, 2.75) is 0 Å². The van der Waals surface area contributed by atoms with Crippen molar-refractivity contribution in [3.05, 3.63) is 71.6 Å². The highest BCUT2D eigenvalue weighted by molar-refractivity contribution is 7.13. The van der Waals surface area contributed by atoms with E-state index in [0.29, 0.717) is 10.7 Å². The van der Waals surface area contributed by atoms with E-state index < -0.39 is 0 Å². The number of aliphatic imine (C=N–C) groups is 1. The molecule has 0 saturated carbocycles. The zero-order valence-electron chi connectivity index (χ0n) is 14.1. The molecule has 5 heteroatoms. The molecule has 0 aliphatic carbocycles. The summed E-state index contributed by atoms with van der Waals surface area (Å²) in [6.07, 6.45) is 1.67. The fourth-order valence-electron chi connectivity index (χ4n) is 2.76. The molecule has 1 heterocycles. The lowest BCUT2D eigenvalue weighted by molar-refractivity contribution is 0.415. The van der Waals surface area contributed by atoms with Crippen LogP contribution in [0.2, 0.25) is 0 Å². The maximum atomic E-state index is 10.2. The Bertz CT molecular complexity index is 1080. The molecule has 26 heavy (non-hydrogen) atoms. The molecule has 128 valence electrons. The van der Waals surface area contributed by atoms with Gasteiger partial charge in [-0.2, -0.15) is 0 Å². The van der Waals surface area contributed by atoms with E-state index in [-0.39, 0.29) is 5.75 Å². The Hall–Kier alpha value is -3.18. The zero-order chi connectivity index (χ0) is 17.9. The number of phenolic OH excluding ortho intramolecular Hbond substituents is 1. The van der Waals surface area contributed by atoms with Crippen LogP contribution < -0.4 is 4.74 Å². The monoisotopic (exact) mass is 360 g/mol. The first-order valence-electron chi connectivity index (χ1n) is 8.09. The lowest BCUT2D eigenvalue weighted by Crippen LogP contribution is -1.85. The summed E-state index contributed by atoms with van der Waals surface area (Å²) < 4.78 is 5.18. The second-order valence-corrected chi connectivity index (χ2v) is 6.56. The van der Waals surface area contributed by atoms with Gasteiger partial charge in [-0.3, -0.25) is 0 Å². The van der Waals surface area contributed by atoms with Crippen LogP contribution in [-0.2, 0) is 0 Å². The first-order chi connectivity index (χ1) is 12.7. The normalized spacial score (nSPS) is 11.3. The number of fused-ring (bicyclic) bond motifs is 1. The molecule has 0 fully saturated rings. The van der Waals surface area contributed by atoms with Crippen LogP contribution in [0.1, 0.15) is 5.56 Å². The van der Waals surface area contributed by atoms with Gasteiger partial charge >= 0.3 is 0 Å². The van der Waals surface area contributed by atoms with Crippen molar-refractivity contribution in [1.82, 2.24) is 4.98 Å². The van der Waals surface area contributed by atoms with E-state index in [1.165, 1.54) is 11.3 Å². The van der Waals surface area contributed by atoms with Gasteiger partial charge in [0.15, 0.2) is 0 Å². The Morgan fingerprint density at radius 2 is 1.85 bits per heavy atom. The average molecular weight is 360 g/mol. The summed E-state index contributed by atoms with van der Waals surface area (Å²) in [7, 11) is 1.65. The molecular formula is C21H16N2O2S. The second kappa shape index (κ2) is 6.98. The second-order valence-electron chi connectivity index (χ2n) is 5.72. The third-order valence-electron chi connectivity index (χ3n) is 4.13. The Kier molecular flexibility index (Phi) is 4.37. The Morgan fingerprint density at radius 1 is 1.04 bits per heavy atom. The molecule has 4 rings (SSSR count). The summed E-state index contributed by atoms with van der Waals surface area (Å²) in [5.41, 5.74) is 2.58. The molecule has 1 N–H and O–H groups in total. The van der Waals surface area contributed by atoms with Crippen LogP contribution in [-0.4, -0.2) is 23.4 Å². The Balaban J connectivity index is 1.64. The zero-order valence-corrected chi connectivity index (χ0v) is 14.9. The van der Waals surface area contributed by atoms with E-state index in [4.69, 9.17) is 4.74 Å². The minimum absolute atomic E-state index is 0.208. The van der Waals surface area contributed by atoms with E-state index in [0.717, 1.165) is 27.8 Å². The highest BCUT2D eigenvalue weighted by atomic mass is 32.1. The molecule has 3 aromatic carbocycles. The highest BCUT2D eigenvalue weighted by Crippen LogP contribution is 2.29. The molecule has 1 aromatic heterocycles. The standard InChI is InChI=1S/C21H16N2O2S/c1-25-16-9-6-15(7-10-16)19-13-26-21(23-19)22-12-18-17-5-3-2-4-14(17)8-11-20(18)24/h2-13,24H,1H3. The molecule has 0 atom stereocenters. The number of aromatic hydroxyl groups is 1. The molecule has 0 spiro atoms. The van der Waals surface area contributed by atoms with E-state index in [9.17, 15) is 5.11 Å². The summed E-state index contributed by atoms with van der Waals surface area (Å²) in [6, 6.07) is 19.2. The smallest absolute Gasteiger partial charge is 0.209 e. The van der Waals surface area contributed by atoms with Crippen molar-refractivity contribution >= 4 is 33.5 Å². The Morgan fingerprint density at radius 3 is 2.65 bits per heavy atom. The predicted octanol–water partition coefficient (Wildman–Crippen LogP) is 5.43. The topological polar surface area (TPSA) is 54.7 Å². The number of rotatable bonds is 4. The fraction of sp³-hybridized carbons (Fsp3) is 0.0476. The van der Waals surface area contributed by atoms with E-state index >= 15 is 0 Å². The molecule has 0 bridgehead atoms. The van der Waals surface area contributed by atoms with Crippen LogP contribution in [0.15, 0.2) is 71.0 Å². The summed E-state index contributed by atoms with van der Waals surface area (Å²) in [4.78, 5) is 9.02. The minimum Gasteiger partial charge on any atom is -0.507 e. The molecule has 0 radical (unpaired) electrons. The SMILES string of the molecule is COc1ccc(-c2csc(N=Cc3c(O)ccc4ccccc34)n2)cc1. The van der Waals surface area contributed by atoms with Crippen LogP contribution in [0.3, 0.4) is 0 Å². The van der Waals surface area contributed by atoms with E-state index in [2.05, 4.69) is 9.98 Å². The van der Waals surface area contributed by atoms with Crippen LogP contribution in [0.5, 0.6) is 11.5 Å². The highest BCUT2D eigenvalue weighted by Gasteiger charge is 2.06. The minimum atomic E-state index is 0.208. The summed E-state index contributed by atoms with van der Waals surface area (Å²) in [5.74, 6) is 1.02. The first kappa shape index (κ1) is 16.3. The molecule has 0 aliphatic heterocycles. The van der Waals surface area contributed by atoms with Gasteiger partial charge in [-0.05, 0) is 41.1 Å². The van der Waals surface area contributed by atoms with Crippen molar-refractivity contribution in [2.24, 2.45) is 4.99 Å². The van der Waals surface area contributed by atoms with Crippen LogP contribution in [0.4, 0.5) is 5.13 Å². The van der Waals surface area contributed by atoms with Gasteiger partial charge in [0.25, 0.3) is 0 Å². The van der Waals surface area contributed by atoms with Gasteiger partial charge in [-0.15, -0.1) is 11.3 Å². The van der Waals surface area contributed by atoms with Gasteiger partial charge in [-0.1, -0.05) is 30.3 Å². The average Bonchev–Trinajstić information content (AvgIpc) is 3.16. The van der Waals surface area contributed by atoms with Crippen LogP contribution in [0, 0.1) is 0 Å². The molecular weight excluding hydrogens is 344 g/mol. The summed E-state index contributed by atoms with van der Waals surface area (Å²) in [5, 5.41) is 14.8. The van der Waals surface area contributed by atoms with Gasteiger partial charge in [0.2, 0.25) is 5.13 Å². The van der Waals surface area contributed by atoms with Gasteiger partial charge in [0, 0.05) is 22.7 Å². The third kappa shape index (κ3) is 3.17. The Labute approximate surface area is 155 Å². The van der Waals surface area contributed by atoms with Gasteiger partial charge in [0.1, 0.15) is 11.5 Å². The number of ether oxygens (including phenoxy) is 1. The lowest BCUT2D eigenvalue weighted by atomic mass is 10.0. The number of aromatic nitrogens is 1. The third-order valence-corrected chi connectivity index (χ3v) is 4.88. The van der Waals surface area contributed by atoms with E-state index in [1.54, 1.807) is 19.4 Å². The first-order valence-corrected chi connectivity index (χ1v) is 8.97. The van der Waals surface area contributed by atoms with Crippen LogP contribution >= 0.6 is 11.3 Å². The predicted molar refractivity (Wildman–Crippen MR) is 107 cm³/mol. The van der Waals surface area contributed by atoms with Crippen molar-refractivity contribution in [3.8, 4) is 22.8 Å². The molecule has 0 unspecified atom stereocenters. The molecule has 0 aliphatic rings. The number of hydrogen-bond acceptors (Lipinski definition) is 5. The largest absolute Gasteiger partial charge is 0.507 e. The van der Waals surface area contributed by atoms with Crippen LogP contribution in [0.25, 0.3) is 22.0 Å². The van der Waals surface area contributed by atoms with Gasteiger partial charge < -0.3 is 9.84 Å². The fourth-order valence-corrected chi connectivity index (χ4v) is 3.43. The number of nitrogens with zero attached hydrogens (tertiary/aromatic N) is 2. The number of phenols is 1. The van der Waals surface area contributed by atoms with Crippen molar-refractivity contribution in [3.63, 3.8) is 0 Å². The van der Waals surface area contributed by atoms with Crippen molar-refractivity contribution < 1.29 is 9.84 Å². The summed E-state index contributed by atoms with van der Waals surface area (Å²) >= 11 is 1.46. The van der Waals surface area contributed by atoms with Crippen molar-refractivity contribution in [1.29, 1.82) is 0 Å². The van der Waals surface area contributed by atoms with Gasteiger partial charge in [0.05, 0.1) is 12.8 Å².